The molecule has 0 heterocycles. The smallest absolute Gasteiger partial charge is 0.207 e. The van der Waals surface area contributed by atoms with Crippen LogP contribution >= 0.6 is 47.0 Å². The minimum Gasteiger partial charge on any atom is -0.331 e. The van der Waals surface area contributed by atoms with E-state index >= 15 is 0 Å². The maximum absolute atomic E-state index is 5.95. The van der Waals surface area contributed by atoms with Gasteiger partial charge in [-0.25, -0.2) is 0 Å². The Morgan fingerprint density at radius 3 is 1.25 bits per heavy atom. The standard InChI is InChI=1S/C20H15Cl3N4S/c21-13-1-7-16(8-2-13)24-19(25-17-9-3-14(22)4-10-17)27-20(28)26-18-11-5-15(23)6-12-18/h1-12H,(H3,24,25,26,27,28). The van der Waals surface area contributed by atoms with Crippen molar-refractivity contribution < 1.29 is 0 Å². The maximum atomic E-state index is 5.95. The number of guanidine groups is 1. The molecule has 0 unspecified atom stereocenters. The number of benzene rings is 3. The first kappa shape index (κ1) is 20.4. The van der Waals surface area contributed by atoms with Gasteiger partial charge >= 0.3 is 0 Å². The van der Waals surface area contributed by atoms with E-state index in [1.165, 1.54) is 0 Å². The summed E-state index contributed by atoms with van der Waals surface area (Å²) >= 11 is 23.2. The number of rotatable bonds is 3. The summed E-state index contributed by atoms with van der Waals surface area (Å²) in [5.74, 6) is 0.441. The lowest BCUT2D eigenvalue weighted by atomic mass is 10.3. The molecule has 0 amide bonds. The number of halogens is 3. The molecule has 3 N–H and O–H groups in total. The van der Waals surface area contributed by atoms with Gasteiger partial charge < -0.3 is 16.0 Å². The van der Waals surface area contributed by atoms with E-state index < -0.39 is 0 Å². The Morgan fingerprint density at radius 1 is 0.571 bits per heavy atom. The first-order chi connectivity index (χ1) is 13.5. The van der Waals surface area contributed by atoms with Crippen LogP contribution < -0.4 is 16.0 Å². The molecule has 0 atom stereocenters. The van der Waals surface area contributed by atoms with Crippen molar-refractivity contribution in [3.8, 4) is 0 Å². The molecule has 8 heteroatoms. The Labute approximate surface area is 183 Å². The van der Waals surface area contributed by atoms with Gasteiger partial charge in [-0.05, 0) is 85.0 Å². The van der Waals surface area contributed by atoms with Crippen LogP contribution in [0.3, 0.4) is 0 Å². The lowest BCUT2D eigenvalue weighted by Crippen LogP contribution is -2.24. The molecule has 0 aromatic heterocycles. The average Bonchev–Trinajstić information content (AvgIpc) is 2.67. The number of thiocarbonyl (C=S) groups is 1. The van der Waals surface area contributed by atoms with Crippen molar-refractivity contribution in [1.29, 1.82) is 0 Å². The zero-order valence-corrected chi connectivity index (χ0v) is 17.5. The summed E-state index contributed by atoms with van der Waals surface area (Å²) in [7, 11) is 0. The van der Waals surface area contributed by atoms with Crippen LogP contribution in [0.4, 0.5) is 17.1 Å². The first-order valence-corrected chi connectivity index (χ1v) is 9.72. The highest BCUT2D eigenvalue weighted by molar-refractivity contribution is 7.80. The number of hydrogen-bond acceptors (Lipinski definition) is 1. The normalized spacial score (nSPS) is 10.1. The Hall–Kier alpha value is -2.31. The van der Waals surface area contributed by atoms with Crippen molar-refractivity contribution in [1.82, 2.24) is 0 Å². The SMILES string of the molecule is S=C(N=C(Nc1ccc(Cl)cc1)Nc1ccc(Cl)cc1)Nc1ccc(Cl)cc1. The molecule has 0 bridgehead atoms. The van der Waals surface area contributed by atoms with Gasteiger partial charge in [0.05, 0.1) is 0 Å². The van der Waals surface area contributed by atoms with Crippen LogP contribution in [-0.2, 0) is 0 Å². The summed E-state index contributed by atoms with van der Waals surface area (Å²) in [6, 6.07) is 21.7. The molecule has 4 nitrogen and oxygen atoms in total. The van der Waals surface area contributed by atoms with E-state index in [0.29, 0.717) is 21.0 Å². The van der Waals surface area contributed by atoms with E-state index in [1.54, 1.807) is 36.4 Å². The number of aliphatic imine (C=N–C) groups is 1. The molecule has 0 saturated heterocycles. The second-order valence-electron chi connectivity index (χ2n) is 5.66. The molecule has 0 aliphatic carbocycles. The Morgan fingerprint density at radius 2 is 0.893 bits per heavy atom. The van der Waals surface area contributed by atoms with Crippen molar-refractivity contribution in [2.24, 2.45) is 4.99 Å². The Bertz CT molecular complexity index is 922. The molecule has 28 heavy (non-hydrogen) atoms. The van der Waals surface area contributed by atoms with E-state index in [2.05, 4.69) is 20.9 Å². The molecule has 0 fully saturated rings. The maximum Gasteiger partial charge on any atom is 0.207 e. The minimum atomic E-state index is 0.278. The summed E-state index contributed by atoms with van der Waals surface area (Å²) in [5.41, 5.74) is 2.40. The highest BCUT2D eigenvalue weighted by atomic mass is 35.5. The van der Waals surface area contributed by atoms with Crippen molar-refractivity contribution >= 4 is 75.2 Å². The fourth-order valence-corrected chi connectivity index (χ4v) is 2.80. The van der Waals surface area contributed by atoms with Crippen LogP contribution in [0.5, 0.6) is 0 Å². The molecule has 0 saturated carbocycles. The molecule has 0 aliphatic heterocycles. The van der Waals surface area contributed by atoms with Gasteiger partial charge in [0.2, 0.25) is 11.1 Å². The Balaban J connectivity index is 1.79. The van der Waals surface area contributed by atoms with Crippen LogP contribution in [-0.4, -0.2) is 11.1 Å². The molecular formula is C20H15Cl3N4S. The van der Waals surface area contributed by atoms with Gasteiger partial charge in [0.15, 0.2) is 0 Å². The highest BCUT2D eigenvalue weighted by Gasteiger charge is 2.05. The summed E-state index contributed by atoms with van der Waals surface area (Å²) in [4.78, 5) is 4.45. The summed E-state index contributed by atoms with van der Waals surface area (Å²) in [5, 5.41) is 11.7. The molecule has 142 valence electrons. The predicted molar refractivity (Wildman–Crippen MR) is 125 cm³/mol. The summed E-state index contributed by atoms with van der Waals surface area (Å²) < 4.78 is 0. The van der Waals surface area contributed by atoms with Gasteiger partial charge in [-0.1, -0.05) is 34.8 Å². The van der Waals surface area contributed by atoms with Gasteiger partial charge in [-0.3, -0.25) is 0 Å². The van der Waals surface area contributed by atoms with Gasteiger partial charge in [0.1, 0.15) is 0 Å². The van der Waals surface area contributed by atoms with Crippen LogP contribution in [0.25, 0.3) is 0 Å². The largest absolute Gasteiger partial charge is 0.331 e. The quantitative estimate of drug-likeness (QED) is 0.231. The third-order valence-corrected chi connectivity index (χ3v) is 4.47. The Kier molecular flexibility index (Phi) is 7.12. The molecular weight excluding hydrogens is 435 g/mol. The molecule has 3 aromatic carbocycles. The fourth-order valence-electron chi connectivity index (χ4n) is 2.21. The lowest BCUT2D eigenvalue weighted by molar-refractivity contribution is 1.51. The molecule has 0 spiro atoms. The molecule has 3 aromatic rings. The van der Waals surface area contributed by atoms with E-state index in [4.69, 9.17) is 47.0 Å². The van der Waals surface area contributed by atoms with E-state index in [1.807, 2.05) is 36.4 Å². The third-order valence-electron chi connectivity index (χ3n) is 3.52. The third kappa shape index (κ3) is 6.39. The predicted octanol–water partition coefficient (Wildman–Crippen LogP) is 6.92. The summed E-state index contributed by atoms with van der Waals surface area (Å²) in [6.07, 6.45) is 0. The van der Waals surface area contributed by atoms with Crippen LogP contribution in [0.1, 0.15) is 0 Å². The van der Waals surface area contributed by atoms with Crippen LogP contribution in [0, 0.1) is 0 Å². The lowest BCUT2D eigenvalue weighted by Gasteiger charge is -2.13. The highest BCUT2D eigenvalue weighted by Crippen LogP contribution is 2.17. The van der Waals surface area contributed by atoms with Gasteiger partial charge in [0, 0.05) is 32.1 Å². The van der Waals surface area contributed by atoms with Crippen molar-refractivity contribution in [2.45, 2.75) is 0 Å². The number of anilines is 3. The van der Waals surface area contributed by atoms with Crippen molar-refractivity contribution in [2.75, 3.05) is 16.0 Å². The fraction of sp³-hybridized carbons (Fsp3) is 0. The molecule has 0 radical (unpaired) electrons. The second-order valence-corrected chi connectivity index (χ2v) is 7.36. The second kappa shape index (κ2) is 9.75. The van der Waals surface area contributed by atoms with E-state index in [9.17, 15) is 0 Å². The minimum absolute atomic E-state index is 0.278. The topological polar surface area (TPSA) is 48.5 Å². The van der Waals surface area contributed by atoms with Crippen molar-refractivity contribution in [3.05, 3.63) is 87.9 Å². The van der Waals surface area contributed by atoms with Crippen LogP contribution in [0.2, 0.25) is 15.1 Å². The molecule has 0 aliphatic rings. The van der Waals surface area contributed by atoms with E-state index in [-0.39, 0.29) is 5.11 Å². The zero-order chi connectivity index (χ0) is 19.9. The summed E-state index contributed by atoms with van der Waals surface area (Å²) in [6.45, 7) is 0. The van der Waals surface area contributed by atoms with Crippen molar-refractivity contribution in [3.63, 3.8) is 0 Å². The van der Waals surface area contributed by atoms with Gasteiger partial charge in [-0.2, -0.15) is 4.99 Å². The average molecular weight is 450 g/mol. The van der Waals surface area contributed by atoms with Gasteiger partial charge in [-0.15, -0.1) is 0 Å². The molecule has 3 rings (SSSR count). The monoisotopic (exact) mass is 448 g/mol. The van der Waals surface area contributed by atoms with Crippen LogP contribution in [0.15, 0.2) is 77.8 Å². The number of nitrogens with one attached hydrogen (secondary N) is 3. The number of nitrogens with zero attached hydrogens (tertiary/aromatic N) is 1. The van der Waals surface area contributed by atoms with E-state index in [0.717, 1.165) is 17.1 Å². The number of hydrogen-bond donors (Lipinski definition) is 3. The van der Waals surface area contributed by atoms with Gasteiger partial charge in [0.25, 0.3) is 0 Å². The zero-order valence-electron chi connectivity index (χ0n) is 14.4. The first-order valence-electron chi connectivity index (χ1n) is 8.18.